The number of nitrogens with zero attached hydrogens (tertiary/aromatic N) is 4. The zero-order valence-corrected chi connectivity index (χ0v) is 37.5. The zero-order valence-electron chi connectivity index (χ0n) is 37.5. The second kappa shape index (κ2) is 19.6. The molecular formula is C52H45F7N6O5. The highest BCUT2D eigenvalue weighted by molar-refractivity contribution is 5.98. The third-order valence-electron chi connectivity index (χ3n) is 11.9. The number of pyridine rings is 2. The SMILES string of the molecule is Cc1cc(-c2cnc3c(NCCC(F)(F)F)cc(-c4ccccc4O)cn23)ccc1C(=O)CC1C[C@@H]1F.Cc1cc(-c2cnc3c(NCCC(F)(F)F)cc(-c4ccccc4O)cn23)ccc1C(=O)O. The van der Waals surface area contributed by atoms with Gasteiger partial charge < -0.3 is 26.0 Å². The van der Waals surface area contributed by atoms with Crippen molar-refractivity contribution in [3.05, 3.63) is 144 Å². The first kappa shape index (κ1) is 48.6. The fourth-order valence-electron chi connectivity index (χ4n) is 8.24. The second-order valence-corrected chi connectivity index (χ2v) is 17.1. The quantitative estimate of drug-likeness (QED) is 0.0529. The summed E-state index contributed by atoms with van der Waals surface area (Å²) in [7, 11) is 0. The van der Waals surface area contributed by atoms with Crippen molar-refractivity contribution in [1.82, 2.24) is 18.8 Å². The number of nitrogens with one attached hydrogen (secondary N) is 2. The van der Waals surface area contributed by atoms with Crippen molar-refractivity contribution in [3.63, 3.8) is 0 Å². The molecule has 2 atom stereocenters. The topological polar surface area (TPSA) is 153 Å². The van der Waals surface area contributed by atoms with Gasteiger partial charge in [0.2, 0.25) is 0 Å². The Morgan fingerprint density at radius 3 is 1.46 bits per heavy atom. The Balaban J connectivity index is 0.000000190. The summed E-state index contributed by atoms with van der Waals surface area (Å²) in [6.45, 7) is 2.84. The fraction of sp³-hybridized carbons (Fsp3) is 0.231. The molecule has 11 nitrogen and oxygen atoms in total. The van der Waals surface area contributed by atoms with Crippen molar-refractivity contribution in [3.8, 4) is 56.3 Å². The van der Waals surface area contributed by atoms with Gasteiger partial charge in [-0.15, -0.1) is 0 Å². The van der Waals surface area contributed by atoms with Gasteiger partial charge in [-0.3, -0.25) is 13.6 Å². The minimum atomic E-state index is -4.31. The molecule has 1 aliphatic rings. The van der Waals surface area contributed by atoms with Gasteiger partial charge in [0, 0.05) is 76.8 Å². The fourth-order valence-corrected chi connectivity index (χ4v) is 8.24. The summed E-state index contributed by atoms with van der Waals surface area (Å²) in [6.07, 6.45) is -4.19. The number of fused-ring (bicyclic) bond motifs is 2. The highest BCUT2D eigenvalue weighted by Gasteiger charge is 2.39. The van der Waals surface area contributed by atoms with Gasteiger partial charge >= 0.3 is 18.3 Å². The molecule has 8 aromatic rings. The van der Waals surface area contributed by atoms with Gasteiger partial charge in [-0.1, -0.05) is 54.6 Å². The maximum atomic E-state index is 13.3. The smallest absolute Gasteiger partial charge is 0.390 e. The third kappa shape index (κ3) is 11.0. The third-order valence-corrected chi connectivity index (χ3v) is 11.9. The number of Topliss-reactive ketones (excluding diaryl/α,β-unsaturated/α-hetero) is 1. The number of aryl methyl sites for hydroxylation is 2. The molecule has 0 spiro atoms. The molecule has 0 amide bonds. The van der Waals surface area contributed by atoms with Gasteiger partial charge in [-0.05, 0) is 73.9 Å². The van der Waals surface area contributed by atoms with Crippen molar-refractivity contribution in [2.24, 2.45) is 5.92 Å². The number of para-hydroxylation sites is 2. The van der Waals surface area contributed by atoms with Gasteiger partial charge in [0.25, 0.3) is 0 Å². The molecule has 4 heterocycles. The van der Waals surface area contributed by atoms with E-state index in [1.54, 1.807) is 113 Å². The molecule has 4 aromatic carbocycles. The summed E-state index contributed by atoms with van der Waals surface area (Å²) in [5, 5.41) is 35.7. The van der Waals surface area contributed by atoms with Crippen molar-refractivity contribution in [1.29, 1.82) is 0 Å². The van der Waals surface area contributed by atoms with Crippen LogP contribution in [0.1, 0.15) is 57.5 Å². The van der Waals surface area contributed by atoms with Crippen molar-refractivity contribution in [2.45, 2.75) is 58.1 Å². The molecule has 1 saturated carbocycles. The lowest BCUT2D eigenvalue weighted by molar-refractivity contribution is -0.132. The number of alkyl halides is 7. The summed E-state index contributed by atoms with van der Waals surface area (Å²) >= 11 is 0. The number of halogens is 7. The molecule has 1 fully saturated rings. The molecule has 0 radical (unpaired) electrons. The number of hydrogen-bond donors (Lipinski definition) is 5. The van der Waals surface area contributed by atoms with E-state index in [4.69, 9.17) is 0 Å². The van der Waals surface area contributed by atoms with E-state index in [1.165, 1.54) is 18.2 Å². The molecule has 4 aromatic heterocycles. The summed E-state index contributed by atoms with van der Waals surface area (Å²) in [5.74, 6) is -1.25. The number of aromatic carboxylic acids is 1. The van der Waals surface area contributed by atoms with E-state index in [0.717, 1.165) is 11.1 Å². The number of carboxylic acid groups (broad SMARTS) is 1. The van der Waals surface area contributed by atoms with Crippen LogP contribution in [0.3, 0.4) is 0 Å². The predicted octanol–water partition coefficient (Wildman–Crippen LogP) is 12.7. The Morgan fingerprint density at radius 1 is 0.643 bits per heavy atom. The van der Waals surface area contributed by atoms with E-state index in [1.807, 2.05) is 13.0 Å². The monoisotopic (exact) mass is 966 g/mol. The van der Waals surface area contributed by atoms with Crippen LogP contribution in [0.2, 0.25) is 0 Å². The number of aromatic hydroxyl groups is 2. The van der Waals surface area contributed by atoms with E-state index >= 15 is 0 Å². The summed E-state index contributed by atoms with van der Waals surface area (Å²) in [5.41, 5.74) is 8.58. The zero-order chi connectivity index (χ0) is 50.1. The molecule has 1 unspecified atom stereocenters. The molecule has 0 aliphatic heterocycles. The Morgan fingerprint density at radius 2 is 1.07 bits per heavy atom. The first-order valence-electron chi connectivity index (χ1n) is 22.1. The van der Waals surface area contributed by atoms with Crippen LogP contribution in [0, 0.1) is 19.8 Å². The minimum Gasteiger partial charge on any atom is -0.507 e. The van der Waals surface area contributed by atoms with Crippen LogP contribution < -0.4 is 10.6 Å². The molecule has 9 rings (SSSR count). The molecule has 5 N–H and O–H groups in total. The van der Waals surface area contributed by atoms with Crippen LogP contribution in [0.5, 0.6) is 11.5 Å². The average molecular weight is 967 g/mol. The molecule has 362 valence electrons. The number of imidazole rings is 2. The number of carboxylic acids is 1. The van der Waals surface area contributed by atoms with Crippen LogP contribution >= 0.6 is 0 Å². The number of aromatic nitrogens is 4. The minimum absolute atomic E-state index is 0.0291. The van der Waals surface area contributed by atoms with E-state index in [2.05, 4.69) is 20.6 Å². The van der Waals surface area contributed by atoms with E-state index < -0.39 is 37.3 Å². The number of phenols is 2. The standard InChI is InChI=1S/C28H25F4N3O2.C24H20F3N3O3/c1-16-10-17(6-7-20(16)26(37)13-18-11-22(18)29)24-14-34-27-23(33-9-8-28(30,31)32)12-19(15-35(24)27)21-4-2-3-5-25(21)36;1-14-10-15(6-7-17(14)23(32)33)20-12-29-22-19(28-9-8-24(25,26)27)11-16(13-30(20)22)18-4-2-3-5-21(18)31/h2-7,10,12,14-15,18,22,33,36H,8-9,11,13H2,1H3;2-7,10-13,28,31H,8-9H2,1H3,(H,32,33)/t18?,22-;/m0./s1. The largest absolute Gasteiger partial charge is 0.507 e. The van der Waals surface area contributed by atoms with E-state index in [0.29, 0.717) is 79.4 Å². The van der Waals surface area contributed by atoms with Crippen molar-refractivity contribution < 1.29 is 55.6 Å². The van der Waals surface area contributed by atoms with Crippen LogP contribution in [-0.2, 0) is 0 Å². The second-order valence-electron chi connectivity index (χ2n) is 17.1. The molecule has 0 bridgehead atoms. The lowest BCUT2D eigenvalue weighted by atomic mass is 9.98. The number of carbonyl (C=O) groups excluding carboxylic acids is 1. The number of carbonyl (C=O) groups is 2. The predicted molar refractivity (Wildman–Crippen MR) is 252 cm³/mol. The first-order valence-corrected chi connectivity index (χ1v) is 22.1. The normalized spacial score (nSPS) is 14.6. The average Bonchev–Trinajstić information content (AvgIpc) is 3.60. The number of benzene rings is 4. The Kier molecular flexibility index (Phi) is 13.6. The van der Waals surface area contributed by atoms with E-state index in [-0.39, 0.29) is 48.3 Å². The number of hydrogen-bond acceptors (Lipinski definition) is 8. The summed E-state index contributed by atoms with van der Waals surface area (Å²) in [6, 6.07) is 26.9. The number of anilines is 2. The molecule has 70 heavy (non-hydrogen) atoms. The molecular weight excluding hydrogens is 922 g/mol. The van der Waals surface area contributed by atoms with Crippen LogP contribution in [0.25, 0.3) is 56.1 Å². The maximum absolute atomic E-state index is 13.3. The van der Waals surface area contributed by atoms with Crippen molar-refractivity contribution in [2.75, 3.05) is 23.7 Å². The molecule has 18 heteroatoms. The van der Waals surface area contributed by atoms with Gasteiger partial charge in [0.15, 0.2) is 17.1 Å². The molecule has 1 aliphatic carbocycles. The maximum Gasteiger partial charge on any atom is 0.390 e. The van der Waals surface area contributed by atoms with E-state index in [9.17, 15) is 55.6 Å². The number of phenolic OH excluding ortho intramolecular Hbond substituents is 2. The highest BCUT2D eigenvalue weighted by atomic mass is 19.4. The van der Waals surface area contributed by atoms with Crippen LogP contribution in [0.15, 0.2) is 122 Å². The van der Waals surface area contributed by atoms with Crippen LogP contribution in [0.4, 0.5) is 42.1 Å². The van der Waals surface area contributed by atoms with Gasteiger partial charge in [0.1, 0.15) is 17.7 Å². The van der Waals surface area contributed by atoms with Gasteiger partial charge in [-0.25, -0.2) is 19.2 Å². The van der Waals surface area contributed by atoms with Crippen LogP contribution in [-0.4, -0.2) is 77.5 Å². The summed E-state index contributed by atoms with van der Waals surface area (Å²) < 4.78 is 93.1. The lowest BCUT2D eigenvalue weighted by Gasteiger charge is -2.14. The Hall–Kier alpha value is -7.89. The summed E-state index contributed by atoms with van der Waals surface area (Å²) in [4.78, 5) is 32.8. The molecule has 0 saturated heterocycles. The number of ketones is 1. The Bertz CT molecular complexity index is 3250. The van der Waals surface area contributed by atoms with Gasteiger partial charge in [0.05, 0.1) is 53.6 Å². The first-order chi connectivity index (χ1) is 33.2. The van der Waals surface area contributed by atoms with Crippen molar-refractivity contribution >= 4 is 34.4 Å². The lowest BCUT2D eigenvalue weighted by Crippen LogP contribution is -2.15. The Labute approximate surface area is 395 Å². The highest BCUT2D eigenvalue weighted by Crippen LogP contribution is 2.39. The van der Waals surface area contributed by atoms with Gasteiger partial charge in [-0.2, -0.15) is 26.3 Å². The number of rotatable bonds is 14.